The lowest BCUT2D eigenvalue weighted by atomic mass is 10.1. The van der Waals surface area contributed by atoms with Crippen LogP contribution in [-0.4, -0.2) is 40.7 Å². The number of carbonyl (C=O) groups excluding carboxylic acids is 1. The number of hydrogen-bond acceptors (Lipinski definition) is 3. The molecule has 0 saturated heterocycles. The summed E-state index contributed by atoms with van der Waals surface area (Å²) in [6, 6.07) is 8.29. The van der Waals surface area contributed by atoms with Gasteiger partial charge in [0.1, 0.15) is 0 Å². The first-order chi connectivity index (χ1) is 10.9. The molecule has 1 amide bonds. The number of hydrogen-bond donors (Lipinski definition) is 1. The summed E-state index contributed by atoms with van der Waals surface area (Å²) in [5.74, 6) is 0.0280. The van der Waals surface area contributed by atoms with Crippen molar-refractivity contribution >= 4 is 5.91 Å². The molecule has 0 fully saturated rings. The maximum atomic E-state index is 12.0. The third-order valence-electron chi connectivity index (χ3n) is 4.08. The maximum Gasteiger partial charge on any atom is 0.253 e. The predicted molar refractivity (Wildman–Crippen MR) is 92.4 cm³/mol. The molecule has 1 heterocycles. The first-order valence-electron chi connectivity index (χ1n) is 7.93. The lowest BCUT2D eigenvalue weighted by Gasteiger charge is -2.22. The zero-order chi connectivity index (χ0) is 17.0. The van der Waals surface area contributed by atoms with Gasteiger partial charge in [-0.05, 0) is 44.0 Å². The van der Waals surface area contributed by atoms with Crippen molar-refractivity contribution in [3.8, 4) is 0 Å². The number of nitrogens with zero attached hydrogens (tertiary/aromatic N) is 3. The Bertz CT molecular complexity index is 663. The van der Waals surface area contributed by atoms with Gasteiger partial charge in [-0.25, -0.2) is 0 Å². The van der Waals surface area contributed by atoms with Gasteiger partial charge in [0.2, 0.25) is 0 Å². The summed E-state index contributed by atoms with van der Waals surface area (Å²) in [6.07, 6.45) is 3.93. The summed E-state index contributed by atoms with van der Waals surface area (Å²) in [6.45, 7) is 7.06. The van der Waals surface area contributed by atoms with E-state index in [1.54, 1.807) is 19.0 Å². The van der Waals surface area contributed by atoms with Crippen LogP contribution in [0.1, 0.15) is 41.4 Å². The Balaban J connectivity index is 1.97. The third-order valence-corrected chi connectivity index (χ3v) is 4.08. The van der Waals surface area contributed by atoms with Crippen LogP contribution in [0.2, 0.25) is 0 Å². The van der Waals surface area contributed by atoms with Gasteiger partial charge in [0.05, 0.1) is 12.2 Å². The molecule has 2 atom stereocenters. The van der Waals surface area contributed by atoms with E-state index in [9.17, 15) is 4.79 Å². The van der Waals surface area contributed by atoms with Crippen LogP contribution in [0.3, 0.4) is 0 Å². The number of aryl methyl sites for hydroxylation is 1. The predicted octanol–water partition coefficient (Wildman–Crippen LogP) is 2.63. The van der Waals surface area contributed by atoms with Crippen molar-refractivity contribution < 1.29 is 4.79 Å². The minimum Gasteiger partial charge on any atom is -0.345 e. The van der Waals surface area contributed by atoms with Crippen molar-refractivity contribution in [2.45, 2.75) is 39.4 Å². The van der Waals surface area contributed by atoms with Crippen LogP contribution >= 0.6 is 0 Å². The fourth-order valence-corrected chi connectivity index (χ4v) is 2.41. The van der Waals surface area contributed by atoms with Crippen LogP contribution in [0.15, 0.2) is 36.7 Å². The maximum absolute atomic E-state index is 12.0. The van der Waals surface area contributed by atoms with Crippen LogP contribution < -0.4 is 5.32 Å². The molecular weight excluding hydrogens is 288 g/mol. The lowest BCUT2D eigenvalue weighted by molar-refractivity contribution is 0.0827. The fraction of sp³-hybridized carbons (Fsp3) is 0.444. The van der Waals surface area contributed by atoms with Crippen molar-refractivity contribution in [2.75, 3.05) is 14.1 Å². The molecule has 1 aromatic carbocycles. The molecule has 0 bridgehead atoms. The molecule has 0 aliphatic carbocycles. The second kappa shape index (κ2) is 7.42. The minimum atomic E-state index is 0.0280. The van der Waals surface area contributed by atoms with Crippen molar-refractivity contribution in [3.05, 3.63) is 53.3 Å². The van der Waals surface area contributed by atoms with Gasteiger partial charge >= 0.3 is 0 Å². The van der Waals surface area contributed by atoms with Crippen molar-refractivity contribution in [3.63, 3.8) is 0 Å². The van der Waals surface area contributed by atoms with Gasteiger partial charge in [-0.2, -0.15) is 5.10 Å². The zero-order valence-corrected chi connectivity index (χ0v) is 14.6. The molecule has 2 aromatic rings. The number of benzene rings is 1. The van der Waals surface area contributed by atoms with Crippen molar-refractivity contribution in [2.24, 2.45) is 0 Å². The fourth-order valence-electron chi connectivity index (χ4n) is 2.41. The molecule has 23 heavy (non-hydrogen) atoms. The summed E-state index contributed by atoms with van der Waals surface area (Å²) in [5.41, 5.74) is 2.99. The van der Waals surface area contributed by atoms with Gasteiger partial charge in [-0.15, -0.1) is 0 Å². The average molecular weight is 314 g/mol. The Labute approximate surface area is 138 Å². The Morgan fingerprint density at radius 1 is 1.35 bits per heavy atom. The molecule has 0 saturated carbocycles. The van der Waals surface area contributed by atoms with Crippen LogP contribution in [0, 0.1) is 6.92 Å². The normalized spacial score (nSPS) is 13.6. The number of amides is 1. The molecule has 0 unspecified atom stereocenters. The van der Waals surface area contributed by atoms with E-state index in [1.807, 2.05) is 42.1 Å². The average Bonchev–Trinajstić information content (AvgIpc) is 2.97. The summed E-state index contributed by atoms with van der Waals surface area (Å²) in [4.78, 5) is 13.6. The standard InChI is InChI=1S/C18H26N4O/c1-13-10-20-22(12-13)15(3)14(2)19-11-16-7-6-8-17(9-16)18(23)21(4)5/h6-10,12,14-15,19H,11H2,1-5H3/t14-,15-/m1/s1. The van der Waals surface area contributed by atoms with E-state index in [4.69, 9.17) is 0 Å². The Morgan fingerprint density at radius 3 is 2.70 bits per heavy atom. The van der Waals surface area contributed by atoms with Crippen LogP contribution in [-0.2, 0) is 6.54 Å². The van der Waals surface area contributed by atoms with E-state index < -0.39 is 0 Å². The Kier molecular flexibility index (Phi) is 5.55. The van der Waals surface area contributed by atoms with Gasteiger partial charge in [0.25, 0.3) is 5.91 Å². The molecule has 0 radical (unpaired) electrons. The minimum absolute atomic E-state index is 0.0280. The summed E-state index contributed by atoms with van der Waals surface area (Å²) >= 11 is 0. The molecule has 1 N–H and O–H groups in total. The molecule has 5 heteroatoms. The third kappa shape index (κ3) is 4.42. The highest BCUT2D eigenvalue weighted by Crippen LogP contribution is 2.12. The second-order valence-corrected chi connectivity index (χ2v) is 6.31. The van der Waals surface area contributed by atoms with E-state index in [2.05, 4.69) is 30.5 Å². The molecule has 1 aromatic heterocycles. The molecule has 124 valence electrons. The highest BCUT2D eigenvalue weighted by molar-refractivity contribution is 5.94. The smallest absolute Gasteiger partial charge is 0.253 e. The van der Waals surface area contributed by atoms with Gasteiger partial charge in [-0.3, -0.25) is 9.48 Å². The largest absolute Gasteiger partial charge is 0.345 e. The zero-order valence-electron chi connectivity index (χ0n) is 14.6. The second-order valence-electron chi connectivity index (χ2n) is 6.31. The van der Waals surface area contributed by atoms with Gasteiger partial charge in [0, 0.05) is 38.4 Å². The topological polar surface area (TPSA) is 50.2 Å². The number of nitrogens with one attached hydrogen (secondary N) is 1. The van der Waals surface area contributed by atoms with Gasteiger partial charge in [0.15, 0.2) is 0 Å². The van der Waals surface area contributed by atoms with Crippen molar-refractivity contribution in [1.29, 1.82) is 0 Å². The Hall–Kier alpha value is -2.14. The van der Waals surface area contributed by atoms with Gasteiger partial charge in [-0.1, -0.05) is 12.1 Å². The number of aromatic nitrogens is 2. The summed E-state index contributed by atoms with van der Waals surface area (Å²) < 4.78 is 1.99. The molecule has 0 aliphatic rings. The SMILES string of the molecule is Cc1cnn([C@H](C)[C@@H](C)NCc2cccc(C(=O)N(C)C)c2)c1. The van der Waals surface area contributed by atoms with Crippen LogP contribution in [0.5, 0.6) is 0 Å². The summed E-state index contributed by atoms with van der Waals surface area (Å²) in [5, 5.41) is 7.89. The van der Waals surface area contributed by atoms with Crippen LogP contribution in [0.25, 0.3) is 0 Å². The molecule has 5 nitrogen and oxygen atoms in total. The van der Waals surface area contributed by atoms with E-state index in [-0.39, 0.29) is 18.0 Å². The van der Waals surface area contributed by atoms with Crippen LogP contribution in [0.4, 0.5) is 0 Å². The Morgan fingerprint density at radius 2 is 2.09 bits per heavy atom. The van der Waals surface area contributed by atoms with Gasteiger partial charge < -0.3 is 10.2 Å². The van der Waals surface area contributed by atoms with E-state index in [0.717, 1.165) is 17.7 Å². The molecule has 2 rings (SSSR count). The lowest BCUT2D eigenvalue weighted by Crippen LogP contribution is -2.33. The molecule has 0 spiro atoms. The number of rotatable bonds is 6. The van der Waals surface area contributed by atoms with E-state index in [1.165, 1.54) is 5.56 Å². The monoisotopic (exact) mass is 314 g/mol. The van der Waals surface area contributed by atoms with E-state index in [0.29, 0.717) is 0 Å². The highest BCUT2D eigenvalue weighted by Gasteiger charge is 2.14. The summed E-state index contributed by atoms with van der Waals surface area (Å²) in [7, 11) is 3.53. The van der Waals surface area contributed by atoms with E-state index >= 15 is 0 Å². The highest BCUT2D eigenvalue weighted by atomic mass is 16.2. The number of carbonyl (C=O) groups is 1. The van der Waals surface area contributed by atoms with Crippen molar-refractivity contribution in [1.82, 2.24) is 20.0 Å². The molecule has 0 aliphatic heterocycles. The first-order valence-corrected chi connectivity index (χ1v) is 7.93. The quantitative estimate of drug-likeness (QED) is 0.892. The molecular formula is C18H26N4O. The first kappa shape index (κ1) is 17.2.